The SMILES string of the molecule is CCS(=O)(=O)Nc1cccc(C(N)[C]=S)c1. The van der Waals surface area contributed by atoms with Gasteiger partial charge in [-0.05, 0) is 24.6 Å². The van der Waals surface area contributed by atoms with Crippen LogP contribution >= 0.6 is 12.2 Å². The number of thiocarbonyl (C=S) groups is 1. The second-order valence-electron chi connectivity index (χ2n) is 3.23. The maximum atomic E-state index is 11.3. The molecule has 0 spiro atoms. The third-order valence-electron chi connectivity index (χ3n) is 2.03. The van der Waals surface area contributed by atoms with E-state index in [2.05, 4.69) is 22.3 Å². The first-order chi connectivity index (χ1) is 7.48. The van der Waals surface area contributed by atoms with Gasteiger partial charge in [0, 0.05) is 5.69 Å². The topological polar surface area (TPSA) is 72.2 Å². The number of hydrogen-bond acceptors (Lipinski definition) is 4. The van der Waals surface area contributed by atoms with Crippen molar-refractivity contribution in [2.24, 2.45) is 5.73 Å². The highest BCUT2D eigenvalue weighted by atomic mass is 32.2. The first kappa shape index (κ1) is 13.1. The van der Waals surface area contributed by atoms with E-state index in [0.29, 0.717) is 5.69 Å². The molecule has 0 amide bonds. The van der Waals surface area contributed by atoms with Crippen LogP contribution in [0.15, 0.2) is 24.3 Å². The Bertz CT molecular complexity index is 471. The Hall–Kier alpha value is -0.980. The predicted octanol–water partition coefficient (Wildman–Crippen LogP) is 1.32. The van der Waals surface area contributed by atoms with Crippen molar-refractivity contribution in [2.45, 2.75) is 13.0 Å². The lowest BCUT2D eigenvalue weighted by Crippen LogP contribution is -2.15. The van der Waals surface area contributed by atoms with E-state index in [1.54, 1.807) is 31.2 Å². The van der Waals surface area contributed by atoms with Gasteiger partial charge in [-0.3, -0.25) is 4.72 Å². The van der Waals surface area contributed by atoms with Crippen LogP contribution in [-0.4, -0.2) is 19.5 Å². The standard InChI is InChI=1S/C10H13N2O2S2/c1-2-16(13,14)12-9-5-3-4-8(6-9)10(11)7-15/h3-6,10,12H,2,11H2,1H3. The van der Waals surface area contributed by atoms with Gasteiger partial charge < -0.3 is 5.73 Å². The van der Waals surface area contributed by atoms with Gasteiger partial charge in [-0.1, -0.05) is 24.4 Å². The molecule has 0 saturated heterocycles. The summed E-state index contributed by atoms with van der Waals surface area (Å²) in [5.74, 6) is 0.0303. The maximum absolute atomic E-state index is 11.3. The second kappa shape index (κ2) is 5.38. The Labute approximate surface area is 101 Å². The maximum Gasteiger partial charge on any atom is 0.232 e. The molecule has 16 heavy (non-hydrogen) atoms. The van der Waals surface area contributed by atoms with E-state index < -0.39 is 16.1 Å². The van der Waals surface area contributed by atoms with Gasteiger partial charge in [0.05, 0.1) is 17.2 Å². The summed E-state index contributed by atoms with van der Waals surface area (Å²) in [5.41, 5.74) is 6.88. The van der Waals surface area contributed by atoms with Gasteiger partial charge in [0.15, 0.2) is 0 Å². The molecule has 1 aromatic carbocycles. The number of hydrogen-bond donors (Lipinski definition) is 2. The summed E-state index contributed by atoms with van der Waals surface area (Å²) in [6.07, 6.45) is 0. The van der Waals surface area contributed by atoms with Crippen LogP contribution < -0.4 is 10.5 Å². The van der Waals surface area contributed by atoms with Crippen LogP contribution in [0.4, 0.5) is 5.69 Å². The molecule has 0 aliphatic rings. The van der Waals surface area contributed by atoms with E-state index in [1.165, 1.54) is 0 Å². The van der Waals surface area contributed by atoms with Crippen LogP contribution in [0.5, 0.6) is 0 Å². The van der Waals surface area contributed by atoms with E-state index in [1.807, 2.05) is 0 Å². The molecule has 3 N–H and O–H groups in total. The molecule has 1 rings (SSSR count). The smallest absolute Gasteiger partial charge is 0.232 e. The van der Waals surface area contributed by atoms with Crippen molar-refractivity contribution in [1.29, 1.82) is 0 Å². The highest BCUT2D eigenvalue weighted by molar-refractivity contribution is 7.92. The Morgan fingerprint density at radius 3 is 2.81 bits per heavy atom. The highest BCUT2D eigenvalue weighted by Crippen LogP contribution is 2.16. The molecule has 0 aliphatic carbocycles. The number of nitrogens with one attached hydrogen (secondary N) is 1. The summed E-state index contributed by atoms with van der Waals surface area (Å²) in [7, 11) is -3.26. The fourth-order valence-electron chi connectivity index (χ4n) is 1.12. The molecule has 4 nitrogen and oxygen atoms in total. The summed E-state index contributed by atoms with van der Waals surface area (Å²) in [4.78, 5) is 0. The molecule has 0 fully saturated rings. The van der Waals surface area contributed by atoms with Crippen LogP contribution in [-0.2, 0) is 10.0 Å². The van der Waals surface area contributed by atoms with Crippen molar-refractivity contribution >= 4 is 33.3 Å². The molecule has 1 unspecified atom stereocenters. The molecule has 0 bridgehead atoms. The number of anilines is 1. The second-order valence-corrected chi connectivity index (χ2v) is 5.47. The average molecular weight is 257 g/mol. The lowest BCUT2D eigenvalue weighted by Gasteiger charge is -2.09. The summed E-state index contributed by atoms with van der Waals surface area (Å²) >= 11 is 4.62. The number of nitrogens with two attached hydrogens (primary N) is 1. The summed E-state index contributed by atoms with van der Waals surface area (Å²) in [6, 6.07) is 6.31. The minimum absolute atomic E-state index is 0.0303. The molecular formula is C10H13N2O2S2. The minimum Gasteiger partial charge on any atom is -0.320 e. The van der Waals surface area contributed by atoms with Gasteiger partial charge in [-0.25, -0.2) is 8.42 Å². The van der Waals surface area contributed by atoms with E-state index in [-0.39, 0.29) is 5.75 Å². The fraction of sp³-hybridized carbons (Fsp3) is 0.300. The molecule has 0 heterocycles. The highest BCUT2D eigenvalue weighted by Gasteiger charge is 2.08. The molecule has 1 atom stereocenters. The largest absolute Gasteiger partial charge is 0.320 e. The van der Waals surface area contributed by atoms with E-state index in [9.17, 15) is 8.42 Å². The normalized spacial score (nSPS) is 13.1. The van der Waals surface area contributed by atoms with E-state index in [0.717, 1.165) is 5.56 Å². The molecule has 1 radical (unpaired) electrons. The first-order valence-electron chi connectivity index (χ1n) is 4.72. The van der Waals surface area contributed by atoms with Gasteiger partial charge in [0.25, 0.3) is 0 Å². The van der Waals surface area contributed by atoms with Crippen molar-refractivity contribution in [3.05, 3.63) is 29.8 Å². The van der Waals surface area contributed by atoms with Crippen molar-refractivity contribution < 1.29 is 8.42 Å². The molecular weight excluding hydrogens is 244 g/mol. The van der Waals surface area contributed by atoms with Crippen molar-refractivity contribution in [3.8, 4) is 0 Å². The summed E-state index contributed by atoms with van der Waals surface area (Å²) in [6.45, 7) is 1.57. The van der Waals surface area contributed by atoms with Gasteiger partial charge in [0.1, 0.15) is 0 Å². The first-order valence-corrected chi connectivity index (χ1v) is 6.78. The predicted molar refractivity (Wildman–Crippen MR) is 69.1 cm³/mol. The van der Waals surface area contributed by atoms with Crippen LogP contribution in [0.1, 0.15) is 18.5 Å². The Morgan fingerprint density at radius 1 is 1.56 bits per heavy atom. The lowest BCUT2D eigenvalue weighted by molar-refractivity contribution is 0.602. The molecule has 0 saturated carbocycles. The van der Waals surface area contributed by atoms with Crippen molar-refractivity contribution in [2.75, 3.05) is 10.5 Å². The van der Waals surface area contributed by atoms with Crippen molar-refractivity contribution in [1.82, 2.24) is 0 Å². The minimum atomic E-state index is -3.26. The fourth-order valence-corrected chi connectivity index (χ4v) is 1.88. The van der Waals surface area contributed by atoms with Crippen LogP contribution in [0.25, 0.3) is 0 Å². The van der Waals surface area contributed by atoms with E-state index >= 15 is 0 Å². The Balaban J connectivity index is 2.95. The van der Waals surface area contributed by atoms with Gasteiger partial charge in [-0.2, -0.15) is 0 Å². The summed E-state index contributed by atoms with van der Waals surface area (Å²) < 4.78 is 25.1. The monoisotopic (exact) mass is 257 g/mol. The molecule has 1 aromatic rings. The quantitative estimate of drug-likeness (QED) is 0.780. The zero-order valence-electron chi connectivity index (χ0n) is 8.80. The Morgan fingerprint density at radius 2 is 2.25 bits per heavy atom. The third-order valence-corrected chi connectivity index (χ3v) is 3.59. The lowest BCUT2D eigenvalue weighted by atomic mass is 10.1. The molecule has 6 heteroatoms. The zero-order chi connectivity index (χ0) is 12.2. The van der Waals surface area contributed by atoms with Crippen molar-refractivity contribution in [3.63, 3.8) is 0 Å². The average Bonchev–Trinajstić information content (AvgIpc) is 2.28. The summed E-state index contributed by atoms with van der Waals surface area (Å²) in [5, 5.41) is 2.47. The molecule has 0 aromatic heterocycles. The van der Waals surface area contributed by atoms with Crippen LogP contribution in [0, 0.1) is 0 Å². The van der Waals surface area contributed by atoms with Crippen LogP contribution in [0.3, 0.4) is 0 Å². The van der Waals surface area contributed by atoms with E-state index in [4.69, 9.17) is 5.73 Å². The molecule has 0 aliphatic heterocycles. The number of benzene rings is 1. The van der Waals surface area contributed by atoms with Crippen LogP contribution in [0.2, 0.25) is 0 Å². The van der Waals surface area contributed by atoms with Gasteiger partial charge in [0.2, 0.25) is 10.0 Å². The molecule has 87 valence electrons. The number of rotatable bonds is 5. The Kier molecular flexibility index (Phi) is 4.40. The van der Waals surface area contributed by atoms with Gasteiger partial charge in [-0.15, -0.1) is 0 Å². The van der Waals surface area contributed by atoms with Gasteiger partial charge >= 0.3 is 0 Å². The third kappa shape index (κ3) is 3.55. The number of sulfonamides is 1. The zero-order valence-corrected chi connectivity index (χ0v) is 10.4.